The predicted molar refractivity (Wildman–Crippen MR) is 266 cm³/mol. The molecule has 2 aromatic heterocycles. The smallest absolute Gasteiger partial charge is 0.0537 e. The zero-order valence-electron chi connectivity index (χ0n) is 35.1. The minimum atomic E-state index is 0.243. The molecule has 0 saturated heterocycles. The van der Waals surface area contributed by atoms with Crippen molar-refractivity contribution in [3.8, 4) is 27.9 Å². The number of rotatable bonds is 6. The number of allylic oxidation sites excluding steroid dienone is 4. The van der Waals surface area contributed by atoms with E-state index in [9.17, 15) is 0 Å². The lowest BCUT2D eigenvalue weighted by Gasteiger charge is -2.37. The summed E-state index contributed by atoms with van der Waals surface area (Å²) in [5.74, 6) is 1.02. The Morgan fingerprint density at radius 2 is 1.30 bits per heavy atom. The molecule has 4 aliphatic rings. The first-order valence-electron chi connectivity index (χ1n) is 22.7. The summed E-state index contributed by atoms with van der Waals surface area (Å²) >= 11 is 2.01. The van der Waals surface area contributed by atoms with Gasteiger partial charge in [0.05, 0.1) is 11.2 Å². The van der Waals surface area contributed by atoms with Crippen molar-refractivity contribution in [3.05, 3.63) is 238 Å². The Labute approximate surface area is 373 Å². The fourth-order valence-corrected chi connectivity index (χ4v) is 12.8. The monoisotopic (exact) mass is 826 g/mol. The van der Waals surface area contributed by atoms with Gasteiger partial charge in [-0.2, -0.15) is 0 Å². The first kappa shape index (κ1) is 36.7. The number of fused-ring (bicyclic) bond motifs is 12. The van der Waals surface area contributed by atoms with E-state index in [0.717, 1.165) is 37.1 Å². The third kappa shape index (κ3) is 5.98. The fourth-order valence-electron chi connectivity index (χ4n) is 11.5. The van der Waals surface area contributed by atoms with Crippen LogP contribution in [0.15, 0.2) is 200 Å². The van der Waals surface area contributed by atoms with Crippen molar-refractivity contribution in [1.82, 2.24) is 4.57 Å². The molecule has 3 unspecified atom stereocenters. The molecule has 63 heavy (non-hydrogen) atoms. The van der Waals surface area contributed by atoms with Gasteiger partial charge in [-0.1, -0.05) is 146 Å². The lowest BCUT2D eigenvalue weighted by atomic mass is 9.69. The minimum absolute atomic E-state index is 0.243. The minimum Gasteiger partial charge on any atom is -0.312 e. The van der Waals surface area contributed by atoms with Crippen LogP contribution in [0.2, 0.25) is 0 Å². The molecule has 7 aromatic carbocycles. The SMILES string of the molecule is C1=Cc2c(n(-c3ccc(C4CCc5c(sc6ccccc56)C4)cc3-c3ccc(N(C4=CC5c6ccccc6-c6ccccc6C5C=C4)c4ccccc4)cc3)c3ccccc23)CC1. The highest BCUT2D eigenvalue weighted by molar-refractivity contribution is 7.19. The Morgan fingerprint density at radius 1 is 0.587 bits per heavy atom. The van der Waals surface area contributed by atoms with Crippen molar-refractivity contribution < 1.29 is 0 Å². The maximum absolute atomic E-state index is 2.58. The van der Waals surface area contributed by atoms with Gasteiger partial charge >= 0.3 is 0 Å². The number of para-hydroxylation sites is 2. The van der Waals surface area contributed by atoms with Gasteiger partial charge in [0.15, 0.2) is 0 Å². The van der Waals surface area contributed by atoms with Crippen molar-refractivity contribution >= 4 is 49.8 Å². The Bertz CT molecular complexity index is 3340. The van der Waals surface area contributed by atoms with Crippen molar-refractivity contribution in [2.24, 2.45) is 0 Å². The summed E-state index contributed by atoms with van der Waals surface area (Å²) in [6.07, 6.45) is 17.5. The average Bonchev–Trinajstić information content (AvgIpc) is 3.90. The van der Waals surface area contributed by atoms with E-state index in [1.165, 1.54) is 89.0 Å². The van der Waals surface area contributed by atoms with E-state index in [2.05, 4.69) is 210 Å². The highest BCUT2D eigenvalue weighted by Gasteiger charge is 2.34. The lowest BCUT2D eigenvalue weighted by Crippen LogP contribution is -2.22. The number of thiophene rings is 1. The maximum atomic E-state index is 2.58. The second-order valence-corrected chi connectivity index (χ2v) is 18.9. The summed E-state index contributed by atoms with van der Waals surface area (Å²) in [5, 5.41) is 2.79. The number of benzene rings is 7. The lowest BCUT2D eigenvalue weighted by molar-refractivity contribution is 0.595. The van der Waals surface area contributed by atoms with E-state index in [4.69, 9.17) is 0 Å². The molecule has 13 rings (SSSR count). The summed E-state index contributed by atoms with van der Waals surface area (Å²) in [6.45, 7) is 0. The molecule has 4 aliphatic carbocycles. The third-order valence-electron chi connectivity index (χ3n) is 14.4. The third-order valence-corrected chi connectivity index (χ3v) is 15.6. The Kier molecular flexibility index (Phi) is 8.65. The van der Waals surface area contributed by atoms with Crippen LogP contribution in [0.5, 0.6) is 0 Å². The quantitative estimate of drug-likeness (QED) is 0.162. The fraction of sp³-hybridized carbons (Fsp3) is 0.133. The number of aryl methyl sites for hydroxylation is 1. The van der Waals surface area contributed by atoms with Gasteiger partial charge in [0.25, 0.3) is 0 Å². The molecule has 0 radical (unpaired) electrons. The second kappa shape index (κ2) is 14.9. The average molecular weight is 827 g/mol. The van der Waals surface area contributed by atoms with E-state index >= 15 is 0 Å². The van der Waals surface area contributed by atoms with E-state index in [-0.39, 0.29) is 5.92 Å². The molecule has 302 valence electrons. The highest BCUT2D eigenvalue weighted by Crippen LogP contribution is 2.51. The van der Waals surface area contributed by atoms with Gasteiger partial charge in [-0.25, -0.2) is 0 Å². The van der Waals surface area contributed by atoms with Crippen LogP contribution < -0.4 is 4.90 Å². The summed E-state index contributed by atoms with van der Waals surface area (Å²) in [6, 6.07) is 63.7. The van der Waals surface area contributed by atoms with Crippen LogP contribution >= 0.6 is 11.3 Å². The van der Waals surface area contributed by atoms with Crippen molar-refractivity contribution in [2.75, 3.05) is 4.90 Å². The van der Waals surface area contributed by atoms with Gasteiger partial charge in [-0.3, -0.25) is 0 Å². The Morgan fingerprint density at radius 3 is 2.14 bits per heavy atom. The van der Waals surface area contributed by atoms with Crippen molar-refractivity contribution in [3.63, 3.8) is 0 Å². The molecule has 9 aromatic rings. The zero-order valence-corrected chi connectivity index (χ0v) is 35.9. The van der Waals surface area contributed by atoms with Crippen LogP contribution in [-0.2, 0) is 19.3 Å². The highest BCUT2D eigenvalue weighted by atomic mass is 32.1. The molecule has 0 amide bonds. The molecule has 2 nitrogen and oxygen atoms in total. The van der Waals surface area contributed by atoms with Gasteiger partial charge in [0.1, 0.15) is 0 Å². The molecule has 0 spiro atoms. The van der Waals surface area contributed by atoms with Gasteiger partial charge in [-0.05, 0) is 137 Å². The van der Waals surface area contributed by atoms with E-state index in [1.807, 2.05) is 11.3 Å². The van der Waals surface area contributed by atoms with Gasteiger partial charge in [-0.15, -0.1) is 11.3 Å². The topological polar surface area (TPSA) is 8.17 Å². The molecule has 0 saturated carbocycles. The van der Waals surface area contributed by atoms with E-state index in [1.54, 1.807) is 10.4 Å². The maximum Gasteiger partial charge on any atom is 0.0537 e. The first-order valence-corrected chi connectivity index (χ1v) is 23.5. The van der Waals surface area contributed by atoms with Crippen molar-refractivity contribution in [1.29, 1.82) is 0 Å². The van der Waals surface area contributed by atoms with Crippen LogP contribution in [0.1, 0.15) is 69.0 Å². The van der Waals surface area contributed by atoms with Gasteiger partial charge in [0, 0.05) is 60.7 Å². The Balaban J connectivity index is 0.931. The van der Waals surface area contributed by atoms with Gasteiger partial charge in [0.2, 0.25) is 0 Å². The second-order valence-electron chi connectivity index (χ2n) is 17.8. The number of hydrogen-bond acceptors (Lipinski definition) is 2. The number of anilines is 2. The number of hydrogen-bond donors (Lipinski definition) is 0. The molecule has 3 heteroatoms. The molecule has 0 bridgehead atoms. The summed E-state index contributed by atoms with van der Waals surface area (Å²) in [4.78, 5) is 4.02. The molecular formula is C60H46N2S. The van der Waals surface area contributed by atoms with Crippen LogP contribution in [0.4, 0.5) is 11.4 Å². The number of nitrogens with zero attached hydrogens (tertiary/aromatic N) is 2. The van der Waals surface area contributed by atoms with E-state index < -0.39 is 0 Å². The van der Waals surface area contributed by atoms with Crippen LogP contribution in [0.25, 0.3) is 55.0 Å². The molecule has 3 atom stereocenters. The van der Waals surface area contributed by atoms with E-state index in [0.29, 0.717) is 11.8 Å². The summed E-state index contributed by atoms with van der Waals surface area (Å²) in [5.41, 5.74) is 19.9. The normalized spacial score (nSPS) is 18.3. The van der Waals surface area contributed by atoms with Crippen LogP contribution in [0, 0.1) is 0 Å². The molecule has 0 fully saturated rings. The molecule has 0 aliphatic heterocycles. The van der Waals surface area contributed by atoms with Gasteiger partial charge < -0.3 is 9.47 Å². The zero-order chi connectivity index (χ0) is 41.4. The van der Waals surface area contributed by atoms with Crippen LogP contribution in [-0.4, -0.2) is 4.57 Å². The summed E-state index contributed by atoms with van der Waals surface area (Å²) < 4.78 is 4.01. The predicted octanol–water partition coefficient (Wildman–Crippen LogP) is 15.9. The largest absolute Gasteiger partial charge is 0.312 e. The molecule has 2 heterocycles. The summed E-state index contributed by atoms with van der Waals surface area (Å²) in [7, 11) is 0. The number of aromatic nitrogens is 1. The molecule has 0 N–H and O–H groups in total. The van der Waals surface area contributed by atoms with Crippen molar-refractivity contribution in [2.45, 2.75) is 49.9 Å². The molecular weight excluding hydrogens is 781 g/mol. The van der Waals surface area contributed by atoms with Crippen LogP contribution in [0.3, 0.4) is 0 Å². The first-order chi connectivity index (χ1) is 31.2. The Hall–Kier alpha value is -6.94. The standard InChI is InChI=1S/C60H46N2S/c1-2-14-42(15-3-1)61(44-32-34-49-47-18-5-4-16-45(47)46-17-6-7-19-48(46)55(49)38-44)43-30-26-39(27-31-43)54-36-40(41-28-33-53-52-22-10-13-25-59(52)63-60(53)37-41)29-35-58(54)62-56-23-11-8-20-50(56)51-21-9-12-24-57(51)62/h1-11,13-23,25-27,29-32,34-36,38,41,49,55H,12,24,28,33,37H2.